The minimum atomic E-state index is 1.15. The number of rotatable bonds is 5. The maximum Gasteiger partial charge on any atom is 0.0110 e. The third-order valence-electron chi connectivity index (χ3n) is 3.15. The van der Waals surface area contributed by atoms with Crippen molar-refractivity contribution >= 4 is 0 Å². The summed E-state index contributed by atoms with van der Waals surface area (Å²) in [5.41, 5.74) is 1.41. The van der Waals surface area contributed by atoms with Gasteiger partial charge in [-0.3, -0.25) is 0 Å². The maximum absolute atomic E-state index is 3.03. The molecule has 0 aliphatic carbocycles. The lowest BCUT2D eigenvalue weighted by Gasteiger charge is -2.32. The van der Waals surface area contributed by atoms with Gasteiger partial charge in [0, 0.05) is 39.8 Å². The molecular weight excluding hydrogens is 198 g/mol. The number of allylic oxidation sites excluding steroid dienone is 2. The molecule has 0 unspecified atom stereocenters. The van der Waals surface area contributed by atoms with E-state index < -0.39 is 0 Å². The molecule has 0 spiro atoms. The Hall–Kier alpha value is -0.800. The van der Waals surface area contributed by atoms with Crippen LogP contribution in [0.2, 0.25) is 0 Å². The number of nitrogens with one attached hydrogen (secondary N) is 1. The first-order valence-corrected chi connectivity index (χ1v) is 6.16. The van der Waals surface area contributed by atoms with Gasteiger partial charge in [0.15, 0.2) is 0 Å². The van der Waals surface area contributed by atoms with Crippen LogP contribution >= 0.6 is 0 Å². The molecule has 1 N–H and O–H groups in total. The maximum atomic E-state index is 3.03. The third kappa shape index (κ3) is 4.81. The summed E-state index contributed by atoms with van der Waals surface area (Å²) in [5, 5.41) is 3.03. The van der Waals surface area contributed by atoms with Gasteiger partial charge >= 0.3 is 0 Å². The summed E-state index contributed by atoms with van der Waals surface area (Å²) < 4.78 is 0. The minimum absolute atomic E-state index is 1.15. The van der Waals surface area contributed by atoms with Crippen LogP contribution in [0.4, 0.5) is 0 Å². The molecule has 0 amide bonds. The molecule has 0 aromatic rings. The van der Waals surface area contributed by atoms with Crippen molar-refractivity contribution in [3.8, 4) is 0 Å². The first-order valence-electron chi connectivity index (χ1n) is 6.16. The first-order chi connectivity index (χ1) is 7.76. The van der Waals surface area contributed by atoms with E-state index in [1.807, 2.05) is 13.2 Å². The van der Waals surface area contributed by atoms with Crippen molar-refractivity contribution in [1.29, 1.82) is 0 Å². The summed E-state index contributed by atoms with van der Waals surface area (Å²) in [5.74, 6) is 0. The van der Waals surface area contributed by atoms with Crippen LogP contribution < -0.4 is 5.32 Å². The van der Waals surface area contributed by atoms with Crippen molar-refractivity contribution in [1.82, 2.24) is 15.1 Å². The van der Waals surface area contributed by atoms with E-state index in [1.165, 1.54) is 38.3 Å². The molecule has 0 radical (unpaired) electrons. The second-order valence-electron chi connectivity index (χ2n) is 4.38. The average Bonchev–Trinajstić information content (AvgIpc) is 2.32. The predicted molar refractivity (Wildman–Crippen MR) is 70.5 cm³/mol. The van der Waals surface area contributed by atoms with Crippen molar-refractivity contribution in [3.05, 3.63) is 23.9 Å². The van der Waals surface area contributed by atoms with Crippen LogP contribution in [0.5, 0.6) is 0 Å². The van der Waals surface area contributed by atoms with E-state index in [0.29, 0.717) is 0 Å². The fraction of sp³-hybridized carbons (Fsp3) is 0.692. The zero-order valence-electron chi connectivity index (χ0n) is 10.9. The fourth-order valence-corrected chi connectivity index (χ4v) is 1.87. The second kappa shape index (κ2) is 7.47. The van der Waals surface area contributed by atoms with Crippen LogP contribution in [0.1, 0.15) is 13.3 Å². The van der Waals surface area contributed by atoms with Crippen LogP contribution in [-0.4, -0.2) is 56.6 Å². The molecule has 0 aromatic carbocycles. The summed E-state index contributed by atoms with van der Waals surface area (Å²) in [7, 11) is 4.13. The monoisotopic (exact) mass is 223 g/mol. The Morgan fingerprint density at radius 2 is 1.94 bits per heavy atom. The molecule has 1 aliphatic heterocycles. The van der Waals surface area contributed by atoms with Crippen molar-refractivity contribution in [2.24, 2.45) is 0 Å². The SMILES string of the molecule is C/C=C(\C=C/NC)CCN1CCN(C)CC1. The molecule has 0 aromatic heterocycles. The van der Waals surface area contributed by atoms with E-state index in [4.69, 9.17) is 0 Å². The Morgan fingerprint density at radius 1 is 1.25 bits per heavy atom. The first kappa shape index (κ1) is 13.3. The summed E-state index contributed by atoms with van der Waals surface area (Å²) >= 11 is 0. The quantitative estimate of drug-likeness (QED) is 0.709. The van der Waals surface area contributed by atoms with Crippen LogP contribution in [0.3, 0.4) is 0 Å². The zero-order chi connectivity index (χ0) is 11.8. The average molecular weight is 223 g/mol. The number of hydrogen-bond acceptors (Lipinski definition) is 3. The molecule has 1 heterocycles. The van der Waals surface area contributed by atoms with E-state index in [9.17, 15) is 0 Å². The van der Waals surface area contributed by atoms with Crippen LogP contribution in [0, 0.1) is 0 Å². The van der Waals surface area contributed by atoms with Crippen molar-refractivity contribution in [2.75, 3.05) is 46.8 Å². The Morgan fingerprint density at radius 3 is 2.50 bits per heavy atom. The highest BCUT2D eigenvalue weighted by molar-refractivity contribution is 5.17. The van der Waals surface area contributed by atoms with Crippen molar-refractivity contribution in [2.45, 2.75) is 13.3 Å². The van der Waals surface area contributed by atoms with E-state index in [1.54, 1.807) is 0 Å². The predicted octanol–water partition coefficient (Wildman–Crippen LogP) is 1.30. The van der Waals surface area contributed by atoms with Crippen molar-refractivity contribution < 1.29 is 0 Å². The summed E-state index contributed by atoms with van der Waals surface area (Å²) in [6, 6.07) is 0. The number of piperazine rings is 1. The van der Waals surface area contributed by atoms with E-state index in [2.05, 4.69) is 41.2 Å². The molecule has 3 nitrogen and oxygen atoms in total. The Balaban J connectivity index is 2.25. The number of nitrogens with zero attached hydrogens (tertiary/aromatic N) is 2. The minimum Gasteiger partial charge on any atom is -0.394 e. The van der Waals surface area contributed by atoms with E-state index >= 15 is 0 Å². The fourth-order valence-electron chi connectivity index (χ4n) is 1.87. The van der Waals surface area contributed by atoms with Gasteiger partial charge in [-0.05, 0) is 38.2 Å². The molecule has 1 fully saturated rings. The van der Waals surface area contributed by atoms with Gasteiger partial charge in [-0.1, -0.05) is 6.08 Å². The van der Waals surface area contributed by atoms with E-state index in [-0.39, 0.29) is 0 Å². The Kier molecular flexibility index (Phi) is 6.19. The molecule has 0 bridgehead atoms. The van der Waals surface area contributed by atoms with E-state index in [0.717, 1.165) is 6.42 Å². The number of likely N-dealkylation sites (N-methyl/N-ethyl adjacent to an activating group) is 1. The van der Waals surface area contributed by atoms with Crippen LogP contribution in [0.25, 0.3) is 0 Å². The van der Waals surface area contributed by atoms with Gasteiger partial charge in [-0.2, -0.15) is 0 Å². The van der Waals surface area contributed by atoms with Gasteiger partial charge in [-0.15, -0.1) is 0 Å². The lowest BCUT2D eigenvalue weighted by Crippen LogP contribution is -2.44. The molecule has 92 valence electrons. The van der Waals surface area contributed by atoms with Gasteiger partial charge in [0.1, 0.15) is 0 Å². The smallest absolute Gasteiger partial charge is 0.0110 e. The third-order valence-corrected chi connectivity index (χ3v) is 3.15. The molecule has 3 heteroatoms. The van der Waals surface area contributed by atoms with Gasteiger partial charge in [-0.25, -0.2) is 0 Å². The molecule has 16 heavy (non-hydrogen) atoms. The van der Waals surface area contributed by atoms with Gasteiger partial charge in [0.25, 0.3) is 0 Å². The Labute approximate surface area is 99.8 Å². The van der Waals surface area contributed by atoms with Gasteiger partial charge in [0.05, 0.1) is 0 Å². The van der Waals surface area contributed by atoms with Crippen molar-refractivity contribution in [3.63, 3.8) is 0 Å². The normalized spacial score (nSPS) is 20.6. The highest BCUT2D eigenvalue weighted by Gasteiger charge is 2.12. The molecule has 1 rings (SSSR count). The standard InChI is InChI=1S/C13H25N3/c1-4-13(5-7-14-2)6-8-16-11-9-15(3)10-12-16/h4-5,7,14H,6,8-12H2,1-3H3/b7-5-,13-4+. The summed E-state index contributed by atoms with van der Waals surface area (Å²) in [4.78, 5) is 4.95. The van der Waals surface area contributed by atoms with Crippen LogP contribution in [0.15, 0.2) is 23.9 Å². The molecule has 0 atom stereocenters. The number of hydrogen-bond donors (Lipinski definition) is 1. The lowest BCUT2D eigenvalue weighted by molar-refractivity contribution is 0.155. The Bertz CT molecular complexity index is 238. The molecule has 1 aliphatic rings. The second-order valence-corrected chi connectivity index (χ2v) is 4.38. The largest absolute Gasteiger partial charge is 0.394 e. The highest BCUT2D eigenvalue weighted by Crippen LogP contribution is 2.07. The van der Waals surface area contributed by atoms with Gasteiger partial charge < -0.3 is 15.1 Å². The molecule has 0 saturated carbocycles. The topological polar surface area (TPSA) is 18.5 Å². The highest BCUT2D eigenvalue weighted by atomic mass is 15.2. The molecular formula is C13H25N3. The zero-order valence-corrected chi connectivity index (χ0v) is 10.9. The lowest BCUT2D eigenvalue weighted by atomic mass is 10.1. The van der Waals surface area contributed by atoms with Crippen LogP contribution in [-0.2, 0) is 0 Å². The summed E-state index contributed by atoms with van der Waals surface area (Å²) in [6.07, 6.45) is 7.51. The summed E-state index contributed by atoms with van der Waals surface area (Å²) in [6.45, 7) is 8.13. The molecule has 1 saturated heterocycles. The van der Waals surface area contributed by atoms with Gasteiger partial charge in [0.2, 0.25) is 0 Å².